The maximum atomic E-state index is 12.0. The summed E-state index contributed by atoms with van der Waals surface area (Å²) in [4.78, 5) is 34.8. The topological polar surface area (TPSA) is 95.5 Å². The molecule has 0 saturated heterocycles. The Labute approximate surface area is 132 Å². The van der Waals surface area contributed by atoms with Crippen LogP contribution in [0.1, 0.15) is 71.1 Å². The van der Waals surface area contributed by atoms with Gasteiger partial charge in [0.2, 0.25) is 11.8 Å². The molecule has 0 heterocycles. The molecule has 6 heteroatoms. The molecule has 0 bridgehead atoms. The second-order valence-corrected chi connectivity index (χ2v) is 6.04. The van der Waals surface area contributed by atoms with E-state index >= 15 is 0 Å². The van der Waals surface area contributed by atoms with Crippen LogP contribution in [0.5, 0.6) is 0 Å². The Morgan fingerprint density at radius 2 is 1.59 bits per heavy atom. The highest BCUT2D eigenvalue weighted by atomic mass is 16.4. The Morgan fingerprint density at radius 1 is 0.955 bits per heavy atom. The van der Waals surface area contributed by atoms with Gasteiger partial charge in [0.15, 0.2) is 0 Å². The van der Waals surface area contributed by atoms with Gasteiger partial charge in [0.25, 0.3) is 0 Å². The van der Waals surface area contributed by atoms with Crippen molar-refractivity contribution in [3.63, 3.8) is 0 Å². The van der Waals surface area contributed by atoms with Crippen molar-refractivity contribution in [1.82, 2.24) is 10.9 Å². The van der Waals surface area contributed by atoms with Gasteiger partial charge in [-0.2, -0.15) is 0 Å². The van der Waals surface area contributed by atoms with E-state index in [0.717, 1.165) is 38.5 Å². The van der Waals surface area contributed by atoms with Crippen molar-refractivity contribution < 1.29 is 19.5 Å². The Hall–Kier alpha value is -1.59. The van der Waals surface area contributed by atoms with Crippen molar-refractivity contribution in [2.75, 3.05) is 0 Å². The summed E-state index contributed by atoms with van der Waals surface area (Å²) in [5.74, 6) is -2.71. The molecule has 2 atom stereocenters. The largest absolute Gasteiger partial charge is 0.481 e. The van der Waals surface area contributed by atoms with Crippen LogP contribution < -0.4 is 10.9 Å². The van der Waals surface area contributed by atoms with Crippen LogP contribution in [0.3, 0.4) is 0 Å². The van der Waals surface area contributed by atoms with Crippen molar-refractivity contribution in [2.24, 2.45) is 11.8 Å². The highest BCUT2D eigenvalue weighted by molar-refractivity contribution is 5.87. The summed E-state index contributed by atoms with van der Waals surface area (Å²) in [5, 5.41) is 9.15. The van der Waals surface area contributed by atoms with Gasteiger partial charge in [-0.1, -0.05) is 45.4 Å². The van der Waals surface area contributed by atoms with Gasteiger partial charge in [-0.3, -0.25) is 25.2 Å². The molecule has 0 radical (unpaired) electrons. The standard InChI is InChI=1S/C16H28N2O4/c1-2-3-4-5-6-11-14(19)17-18-15(20)12-9-7-8-10-13(12)16(21)22/h12-13H,2-11H2,1H3,(H,17,19)(H,18,20)(H,21,22)/t12-,13-/m0/s1. The molecule has 1 saturated carbocycles. The lowest BCUT2D eigenvalue weighted by atomic mass is 9.79. The number of carbonyl (C=O) groups is 3. The summed E-state index contributed by atoms with van der Waals surface area (Å²) in [6.45, 7) is 2.14. The molecule has 6 nitrogen and oxygen atoms in total. The summed E-state index contributed by atoms with van der Waals surface area (Å²) in [7, 11) is 0. The summed E-state index contributed by atoms with van der Waals surface area (Å²) in [6.07, 6.45) is 8.45. The van der Waals surface area contributed by atoms with Crippen LogP contribution in [0, 0.1) is 11.8 Å². The van der Waals surface area contributed by atoms with E-state index in [-0.39, 0.29) is 11.8 Å². The average Bonchev–Trinajstić information content (AvgIpc) is 2.52. The summed E-state index contributed by atoms with van der Waals surface area (Å²) >= 11 is 0. The highest BCUT2D eigenvalue weighted by Crippen LogP contribution is 2.30. The van der Waals surface area contributed by atoms with Crippen LogP contribution in [0.2, 0.25) is 0 Å². The second kappa shape index (κ2) is 10.2. The zero-order valence-corrected chi connectivity index (χ0v) is 13.4. The van der Waals surface area contributed by atoms with E-state index < -0.39 is 17.8 Å². The number of carboxylic acids is 1. The molecule has 22 heavy (non-hydrogen) atoms. The van der Waals surface area contributed by atoms with Crippen LogP contribution in [0.15, 0.2) is 0 Å². The molecule has 0 aliphatic heterocycles. The minimum atomic E-state index is -0.929. The number of nitrogens with one attached hydrogen (secondary N) is 2. The van der Waals surface area contributed by atoms with Crippen molar-refractivity contribution in [1.29, 1.82) is 0 Å². The first-order chi connectivity index (χ1) is 10.6. The molecule has 1 fully saturated rings. The van der Waals surface area contributed by atoms with E-state index in [1.165, 1.54) is 6.42 Å². The first-order valence-electron chi connectivity index (χ1n) is 8.37. The minimum Gasteiger partial charge on any atom is -0.481 e. The Morgan fingerprint density at radius 3 is 2.23 bits per heavy atom. The molecule has 3 N–H and O–H groups in total. The third-order valence-corrected chi connectivity index (χ3v) is 4.25. The Bertz CT molecular complexity index is 384. The van der Waals surface area contributed by atoms with E-state index in [1.54, 1.807) is 0 Å². The highest BCUT2D eigenvalue weighted by Gasteiger charge is 2.35. The lowest BCUT2D eigenvalue weighted by molar-refractivity contribution is -0.149. The zero-order chi connectivity index (χ0) is 16.4. The smallest absolute Gasteiger partial charge is 0.307 e. The molecule has 2 amide bonds. The van der Waals surface area contributed by atoms with E-state index in [0.29, 0.717) is 19.3 Å². The van der Waals surface area contributed by atoms with Crippen LogP contribution in [-0.2, 0) is 14.4 Å². The Kier molecular flexibility index (Phi) is 8.55. The minimum absolute atomic E-state index is 0.215. The summed E-state index contributed by atoms with van der Waals surface area (Å²) in [5.41, 5.74) is 4.79. The first kappa shape index (κ1) is 18.5. The number of carboxylic acid groups (broad SMARTS) is 1. The third kappa shape index (κ3) is 6.45. The van der Waals surface area contributed by atoms with E-state index in [9.17, 15) is 14.4 Å². The van der Waals surface area contributed by atoms with Gasteiger partial charge >= 0.3 is 5.97 Å². The lowest BCUT2D eigenvalue weighted by Gasteiger charge is -2.27. The molecular weight excluding hydrogens is 284 g/mol. The van der Waals surface area contributed by atoms with Gasteiger partial charge in [0.1, 0.15) is 0 Å². The number of carbonyl (C=O) groups excluding carboxylic acids is 2. The fraction of sp³-hybridized carbons (Fsp3) is 0.812. The van der Waals surface area contributed by atoms with Crippen LogP contribution >= 0.6 is 0 Å². The number of hydrogen-bond acceptors (Lipinski definition) is 3. The van der Waals surface area contributed by atoms with Gasteiger partial charge in [-0.05, 0) is 19.3 Å². The van der Waals surface area contributed by atoms with Gasteiger partial charge in [0, 0.05) is 6.42 Å². The maximum Gasteiger partial charge on any atom is 0.307 e. The Balaban J connectivity index is 2.26. The molecule has 126 valence electrons. The number of unbranched alkanes of at least 4 members (excludes halogenated alkanes) is 4. The molecule has 0 unspecified atom stereocenters. The summed E-state index contributed by atoms with van der Waals surface area (Å²) in [6, 6.07) is 0. The van der Waals surface area contributed by atoms with E-state index in [2.05, 4.69) is 17.8 Å². The van der Waals surface area contributed by atoms with Crippen molar-refractivity contribution in [3.8, 4) is 0 Å². The van der Waals surface area contributed by atoms with Crippen LogP contribution in [0.25, 0.3) is 0 Å². The number of aliphatic carboxylic acids is 1. The van der Waals surface area contributed by atoms with Crippen molar-refractivity contribution >= 4 is 17.8 Å². The fourth-order valence-corrected chi connectivity index (χ4v) is 2.92. The SMILES string of the molecule is CCCCCCCC(=O)NNC(=O)[C@H]1CCCC[C@@H]1C(=O)O. The monoisotopic (exact) mass is 312 g/mol. The predicted molar refractivity (Wildman–Crippen MR) is 82.7 cm³/mol. The first-order valence-corrected chi connectivity index (χ1v) is 8.37. The number of amides is 2. The molecule has 0 aromatic heterocycles. The molecule has 1 aliphatic rings. The quantitative estimate of drug-likeness (QED) is 0.473. The average molecular weight is 312 g/mol. The number of hydrogen-bond donors (Lipinski definition) is 3. The third-order valence-electron chi connectivity index (χ3n) is 4.25. The maximum absolute atomic E-state index is 12.0. The number of hydrazine groups is 1. The van der Waals surface area contributed by atoms with Gasteiger partial charge in [-0.15, -0.1) is 0 Å². The predicted octanol–water partition coefficient (Wildman–Crippen LogP) is 2.39. The fourth-order valence-electron chi connectivity index (χ4n) is 2.92. The lowest BCUT2D eigenvalue weighted by Crippen LogP contribution is -2.47. The van der Waals surface area contributed by atoms with Gasteiger partial charge < -0.3 is 5.11 Å². The molecule has 0 aromatic rings. The van der Waals surface area contributed by atoms with Crippen LogP contribution in [0.4, 0.5) is 0 Å². The molecule has 0 aromatic carbocycles. The van der Waals surface area contributed by atoms with Gasteiger partial charge in [-0.25, -0.2) is 0 Å². The zero-order valence-electron chi connectivity index (χ0n) is 13.4. The van der Waals surface area contributed by atoms with Crippen LogP contribution in [-0.4, -0.2) is 22.9 Å². The molecule has 1 aliphatic carbocycles. The number of rotatable bonds is 8. The normalized spacial score (nSPS) is 21.1. The van der Waals surface area contributed by atoms with E-state index in [1.807, 2.05) is 0 Å². The van der Waals surface area contributed by atoms with Gasteiger partial charge in [0.05, 0.1) is 11.8 Å². The van der Waals surface area contributed by atoms with E-state index in [4.69, 9.17) is 5.11 Å². The molecular formula is C16H28N2O4. The second-order valence-electron chi connectivity index (χ2n) is 6.04. The van der Waals surface area contributed by atoms with Crippen molar-refractivity contribution in [2.45, 2.75) is 71.1 Å². The molecule has 0 spiro atoms. The van der Waals surface area contributed by atoms with Crippen molar-refractivity contribution in [3.05, 3.63) is 0 Å². The summed E-state index contributed by atoms with van der Waals surface area (Å²) < 4.78 is 0. The molecule has 1 rings (SSSR count).